The lowest BCUT2D eigenvalue weighted by Crippen LogP contribution is -2.44. The second kappa shape index (κ2) is 7.27. The zero-order chi connectivity index (χ0) is 18.7. The van der Waals surface area contributed by atoms with Gasteiger partial charge in [-0.05, 0) is 43.5 Å². The molecular formula is C19H19F3N2O2. The Balaban J connectivity index is 1.69. The second-order valence-corrected chi connectivity index (χ2v) is 6.21. The van der Waals surface area contributed by atoms with E-state index in [0.29, 0.717) is 5.69 Å². The Morgan fingerprint density at radius 2 is 2.00 bits per heavy atom. The highest BCUT2D eigenvalue weighted by Crippen LogP contribution is 2.30. The smallest absolute Gasteiger partial charge is 0.406 e. The number of nitrogens with zero attached hydrogens (tertiary/aromatic N) is 1. The highest BCUT2D eigenvalue weighted by molar-refractivity contribution is 5.97. The van der Waals surface area contributed by atoms with Gasteiger partial charge in [0.1, 0.15) is 5.75 Å². The topological polar surface area (TPSA) is 41.6 Å². The SMILES string of the molecule is CC1CCc2ccccc2N1C(=O)CNc1cccc(OC(F)(F)F)c1. The molecule has 3 rings (SSSR count). The molecule has 0 aromatic heterocycles. The fourth-order valence-corrected chi connectivity index (χ4v) is 3.13. The number of carbonyl (C=O) groups is 1. The summed E-state index contributed by atoms with van der Waals surface area (Å²) < 4.78 is 40.8. The summed E-state index contributed by atoms with van der Waals surface area (Å²) in [5.74, 6) is -0.460. The number of anilines is 2. The Morgan fingerprint density at radius 3 is 2.77 bits per heavy atom. The fourth-order valence-electron chi connectivity index (χ4n) is 3.13. The van der Waals surface area contributed by atoms with Crippen LogP contribution in [0.4, 0.5) is 24.5 Å². The zero-order valence-corrected chi connectivity index (χ0v) is 14.2. The molecule has 2 aromatic carbocycles. The van der Waals surface area contributed by atoms with Gasteiger partial charge in [-0.1, -0.05) is 24.3 Å². The molecule has 1 amide bonds. The summed E-state index contributed by atoms with van der Waals surface area (Å²) in [4.78, 5) is 14.5. The van der Waals surface area contributed by atoms with Crippen LogP contribution in [0.15, 0.2) is 48.5 Å². The Labute approximate surface area is 149 Å². The number of nitrogens with one attached hydrogen (secondary N) is 1. The van der Waals surface area contributed by atoms with Gasteiger partial charge in [-0.25, -0.2) is 0 Å². The summed E-state index contributed by atoms with van der Waals surface area (Å²) in [6, 6.07) is 13.3. The maximum atomic E-state index is 12.7. The van der Waals surface area contributed by atoms with E-state index < -0.39 is 6.36 Å². The molecule has 7 heteroatoms. The second-order valence-electron chi connectivity index (χ2n) is 6.21. The molecule has 0 bridgehead atoms. The Hall–Kier alpha value is -2.70. The number of para-hydroxylation sites is 1. The van der Waals surface area contributed by atoms with Crippen molar-refractivity contribution < 1.29 is 22.7 Å². The lowest BCUT2D eigenvalue weighted by molar-refractivity contribution is -0.274. The molecule has 0 spiro atoms. The van der Waals surface area contributed by atoms with E-state index in [2.05, 4.69) is 10.1 Å². The third-order valence-corrected chi connectivity index (χ3v) is 4.30. The van der Waals surface area contributed by atoms with Gasteiger partial charge in [0.05, 0.1) is 6.54 Å². The van der Waals surface area contributed by atoms with Crippen LogP contribution in [0.2, 0.25) is 0 Å². The maximum absolute atomic E-state index is 12.7. The van der Waals surface area contributed by atoms with E-state index in [1.54, 1.807) is 11.0 Å². The predicted octanol–water partition coefficient (Wildman–Crippen LogP) is 4.37. The highest BCUT2D eigenvalue weighted by Gasteiger charge is 2.31. The number of benzene rings is 2. The number of halogens is 3. The van der Waals surface area contributed by atoms with Crippen LogP contribution in [0.5, 0.6) is 5.75 Å². The summed E-state index contributed by atoms with van der Waals surface area (Å²) in [5.41, 5.74) is 2.41. The first-order valence-corrected chi connectivity index (χ1v) is 8.33. The molecule has 0 radical (unpaired) electrons. The lowest BCUT2D eigenvalue weighted by Gasteiger charge is -2.35. The molecular weight excluding hydrogens is 345 g/mol. The van der Waals surface area contributed by atoms with Crippen molar-refractivity contribution in [2.75, 3.05) is 16.8 Å². The first-order chi connectivity index (χ1) is 12.3. The number of ether oxygens (including phenoxy) is 1. The van der Waals surface area contributed by atoms with Crippen LogP contribution in [-0.4, -0.2) is 24.9 Å². The molecule has 4 nitrogen and oxygen atoms in total. The fraction of sp³-hybridized carbons (Fsp3) is 0.316. The predicted molar refractivity (Wildman–Crippen MR) is 93.3 cm³/mol. The van der Waals surface area contributed by atoms with Crippen molar-refractivity contribution in [2.45, 2.75) is 32.2 Å². The van der Waals surface area contributed by atoms with Crippen LogP contribution in [0.3, 0.4) is 0 Å². The van der Waals surface area contributed by atoms with Crippen molar-refractivity contribution in [2.24, 2.45) is 0 Å². The molecule has 2 aromatic rings. The number of amides is 1. The first-order valence-electron chi connectivity index (χ1n) is 8.33. The van der Waals surface area contributed by atoms with Crippen molar-refractivity contribution >= 4 is 17.3 Å². The molecule has 0 saturated heterocycles. The zero-order valence-electron chi connectivity index (χ0n) is 14.2. The molecule has 1 N–H and O–H groups in total. The summed E-state index contributed by atoms with van der Waals surface area (Å²) in [6.07, 6.45) is -2.95. The molecule has 0 aliphatic carbocycles. The van der Waals surface area contributed by atoms with E-state index in [1.165, 1.54) is 18.2 Å². The average Bonchev–Trinajstić information content (AvgIpc) is 2.58. The molecule has 1 unspecified atom stereocenters. The Morgan fingerprint density at radius 1 is 1.23 bits per heavy atom. The summed E-state index contributed by atoms with van der Waals surface area (Å²) in [5, 5.41) is 2.88. The normalized spacial score (nSPS) is 16.8. The van der Waals surface area contributed by atoms with Crippen LogP contribution < -0.4 is 15.0 Å². The van der Waals surface area contributed by atoms with E-state index in [4.69, 9.17) is 0 Å². The van der Waals surface area contributed by atoms with Gasteiger partial charge in [-0.2, -0.15) is 0 Å². The maximum Gasteiger partial charge on any atom is 0.573 e. The van der Waals surface area contributed by atoms with Gasteiger partial charge in [0.15, 0.2) is 0 Å². The van der Waals surface area contributed by atoms with Gasteiger partial charge >= 0.3 is 6.36 Å². The Bertz CT molecular complexity index is 792. The molecule has 1 heterocycles. The van der Waals surface area contributed by atoms with E-state index in [0.717, 1.165) is 24.1 Å². The number of rotatable bonds is 4. The monoisotopic (exact) mass is 364 g/mol. The average molecular weight is 364 g/mol. The van der Waals surface area contributed by atoms with Crippen LogP contribution in [0.1, 0.15) is 18.9 Å². The van der Waals surface area contributed by atoms with Crippen LogP contribution in [-0.2, 0) is 11.2 Å². The minimum Gasteiger partial charge on any atom is -0.406 e. The largest absolute Gasteiger partial charge is 0.573 e. The molecule has 0 saturated carbocycles. The molecule has 138 valence electrons. The highest BCUT2D eigenvalue weighted by atomic mass is 19.4. The molecule has 1 aliphatic heterocycles. The van der Waals surface area contributed by atoms with Gasteiger partial charge in [-0.15, -0.1) is 13.2 Å². The minimum atomic E-state index is -4.75. The quantitative estimate of drug-likeness (QED) is 0.876. The van der Waals surface area contributed by atoms with Gasteiger partial charge in [0, 0.05) is 23.5 Å². The first kappa shape index (κ1) is 18.1. The molecule has 0 fully saturated rings. The van der Waals surface area contributed by atoms with Crippen LogP contribution in [0.25, 0.3) is 0 Å². The summed E-state index contributed by atoms with van der Waals surface area (Å²) in [6.45, 7) is 1.97. The van der Waals surface area contributed by atoms with Gasteiger partial charge < -0.3 is 15.0 Å². The molecule has 26 heavy (non-hydrogen) atoms. The third kappa shape index (κ3) is 4.28. The van der Waals surface area contributed by atoms with E-state index in [1.807, 2.05) is 31.2 Å². The van der Waals surface area contributed by atoms with E-state index in [9.17, 15) is 18.0 Å². The van der Waals surface area contributed by atoms with E-state index >= 15 is 0 Å². The van der Waals surface area contributed by atoms with Crippen LogP contribution >= 0.6 is 0 Å². The van der Waals surface area contributed by atoms with Crippen molar-refractivity contribution in [1.29, 1.82) is 0 Å². The summed E-state index contributed by atoms with van der Waals surface area (Å²) in [7, 11) is 0. The number of fused-ring (bicyclic) bond motifs is 1. The van der Waals surface area contributed by atoms with E-state index in [-0.39, 0.29) is 24.2 Å². The van der Waals surface area contributed by atoms with Crippen molar-refractivity contribution in [3.8, 4) is 5.75 Å². The van der Waals surface area contributed by atoms with Crippen molar-refractivity contribution in [3.05, 3.63) is 54.1 Å². The van der Waals surface area contributed by atoms with Crippen molar-refractivity contribution in [1.82, 2.24) is 0 Å². The molecule has 1 atom stereocenters. The van der Waals surface area contributed by atoms with Crippen molar-refractivity contribution in [3.63, 3.8) is 0 Å². The van der Waals surface area contributed by atoms with Gasteiger partial charge in [0.25, 0.3) is 0 Å². The minimum absolute atomic E-state index is 0.0197. The lowest BCUT2D eigenvalue weighted by atomic mass is 9.96. The third-order valence-electron chi connectivity index (χ3n) is 4.30. The molecule has 1 aliphatic rings. The number of aryl methyl sites for hydroxylation is 1. The summed E-state index contributed by atoms with van der Waals surface area (Å²) >= 11 is 0. The number of carbonyl (C=O) groups excluding carboxylic acids is 1. The number of hydrogen-bond acceptors (Lipinski definition) is 3. The van der Waals surface area contributed by atoms with Gasteiger partial charge in [0.2, 0.25) is 5.91 Å². The number of hydrogen-bond donors (Lipinski definition) is 1. The Kier molecular flexibility index (Phi) is 5.06. The standard InChI is InChI=1S/C19H19F3N2O2/c1-13-9-10-14-5-2-3-8-17(14)24(13)18(25)12-23-15-6-4-7-16(11-15)26-19(20,21)22/h2-8,11,13,23H,9-10,12H2,1H3. The van der Waals surface area contributed by atoms with Gasteiger partial charge in [-0.3, -0.25) is 4.79 Å². The van der Waals surface area contributed by atoms with Crippen LogP contribution in [0, 0.1) is 0 Å². The number of alkyl halides is 3.